The van der Waals surface area contributed by atoms with E-state index in [1.165, 1.54) is 4.90 Å². The number of hydrogen-bond acceptors (Lipinski definition) is 5. The molecular weight excluding hydrogens is 318 g/mol. The first-order valence-electron chi connectivity index (χ1n) is 7.93. The largest absolute Gasteiger partial charge is 0.484 e. The highest BCUT2D eigenvalue weighted by Gasteiger charge is 2.15. The Morgan fingerprint density at radius 2 is 1.96 bits per heavy atom. The van der Waals surface area contributed by atoms with Crippen LogP contribution in [0.5, 0.6) is 5.75 Å². The molecule has 3 aromatic rings. The normalized spacial score (nSPS) is 10.5. The first-order valence-corrected chi connectivity index (χ1v) is 7.93. The Balaban J connectivity index is 1.56. The van der Waals surface area contributed by atoms with Crippen LogP contribution in [0.15, 0.2) is 59.1 Å². The van der Waals surface area contributed by atoms with E-state index >= 15 is 0 Å². The zero-order chi connectivity index (χ0) is 17.6. The molecule has 0 aliphatic rings. The number of aryl methyl sites for hydroxylation is 1. The first kappa shape index (κ1) is 16.7. The van der Waals surface area contributed by atoms with Crippen molar-refractivity contribution < 1.29 is 14.1 Å². The predicted molar refractivity (Wildman–Crippen MR) is 92.9 cm³/mol. The minimum absolute atomic E-state index is 0.0420. The molecule has 0 unspecified atom stereocenters. The van der Waals surface area contributed by atoms with Crippen LogP contribution in [0.1, 0.15) is 11.5 Å². The van der Waals surface area contributed by atoms with Gasteiger partial charge in [-0.25, -0.2) is 0 Å². The van der Waals surface area contributed by atoms with Crippen LogP contribution < -0.4 is 4.74 Å². The zero-order valence-electron chi connectivity index (χ0n) is 14.2. The van der Waals surface area contributed by atoms with Gasteiger partial charge in [0.2, 0.25) is 11.7 Å². The van der Waals surface area contributed by atoms with Gasteiger partial charge in [-0.1, -0.05) is 47.6 Å². The van der Waals surface area contributed by atoms with E-state index in [2.05, 4.69) is 10.1 Å². The van der Waals surface area contributed by atoms with Crippen molar-refractivity contribution in [3.8, 4) is 17.1 Å². The Kier molecular flexibility index (Phi) is 5.09. The zero-order valence-corrected chi connectivity index (χ0v) is 14.2. The molecule has 0 atom stereocenters. The van der Waals surface area contributed by atoms with Crippen LogP contribution in [0, 0.1) is 6.92 Å². The van der Waals surface area contributed by atoms with E-state index in [0.717, 1.165) is 11.1 Å². The molecule has 1 aromatic heterocycles. The van der Waals surface area contributed by atoms with Gasteiger partial charge in [0.15, 0.2) is 6.61 Å². The smallest absolute Gasteiger partial charge is 0.260 e. The van der Waals surface area contributed by atoms with Crippen molar-refractivity contribution >= 4 is 5.91 Å². The summed E-state index contributed by atoms with van der Waals surface area (Å²) >= 11 is 0. The van der Waals surface area contributed by atoms with Gasteiger partial charge in [0.1, 0.15) is 5.75 Å². The number of carbonyl (C=O) groups excluding carboxylic acids is 1. The van der Waals surface area contributed by atoms with E-state index in [-0.39, 0.29) is 19.1 Å². The molecule has 1 heterocycles. The third-order valence-corrected chi connectivity index (χ3v) is 3.65. The Morgan fingerprint density at radius 1 is 1.16 bits per heavy atom. The summed E-state index contributed by atoms with van der Waals surface area (Å²) in [5.41, 5.74) is 1.95. The molecule has 6 heteroatoms. The lowest BCUT2D eigenvalue weighted by Crippen LogP contribution is -2.31. The number of benzene rings is 2. The first-order chi connectivity index (χ1) is 12.1. The number of nitrogens with zero attached hydrogens (tertiary/aromatic N) is 3. The standard InChI is InChI=1S/C19H19N3O3/c1-14-7-6-10-16(11-14)24-13-18(23)22(2)12-17-20-19(21-25-17)15-8-4-3-5-9-15/h3-11H,12-13H2,1-2H3. The molecule has 0 aliphatic carbocycles. The summed E-state index contributed by atoms with van der Waals surface area (Å²) in [6.07, 6.45) is 0. The number of likely N-dealkylation sites (N-methyl/N-ethyl adjacent to an activating group) is 1. The summed E-state index contributed by atoms with van der Waals surface area (Å²) in [6.45, 7) is 2.16. The van der Waals surface area contributed by atoms with Crippen LogP contribution in [0.2, 0.25) is 0 Å². The lowest BCUT2D eigenvalue weighted by molar-refractivity contribution is -0.132. The summed E-state index contributed by atoms with van der Waals surface area (Å²) in [7, 11) is 1.67. The number of aromatic nitrogens is 2. The molecule has 0 saturated carbocycles. The summed E-state index contributed by atoms with van der Waals surface area (Å²) < 4.78 is 10.7. The van der Waals surface area contributed by atoms with Crippen LogP contribution in [0.3, 0.4) is 0 Å². The van der Waals surface area contributed by atoms with Gasteiger partial charge in [-0.15, -0.1) is 0 Å². The van der Waals surface area contributed by atoms with Gasteiger partial charge in [-0.3, -0.25) is 4.79 Å². The molecule has 0 aliphatic heterocycles. The highest BCUT2D eigenvalue weighted by molar-refractivity contribution is 5.77. The fraction of sp³-hybridized carbons (Fsp3) is 0.211. The molecule has 128 valence electrons. The molecule has 3 rings (SSSR count). The van der Waals surface area contributed by atoms with Crippen LogP contribution in [-0.2, 0) is 11.3 Å². The van der Waals surface area contributed by atoms with Crippen molar-refractivity contribution in [2.75, 3.05) is 13.7 Å². The molecule has 0 radical (unpaired) electrons. The van der Waals surface area contributed by atoms with Crippen LogP contribution in [0.4, 0.5) is 0 Å². The van der Waals surface area contributed by atoms with E-state index in [1.807, 2.05) is 61.5 Å². The van der Waals surface area contributed by atoms with Gasteiger partial charge in [0, 0.05) is 12.6 Å². The fourth-order valence-corrected chi connectivity index (χ4v) is 2.28. The van der Waals surface area contributed by atoms with Crippen molar-refractivity contribution in [2.45, 2.75) is 13.5 Å². The minimum Gasteiger partial charge on any atom is -0.484 e. The fourth-order valence-electron chi connectivity index (χ4n) is 2.28. The molecule has 2 aromatic carbocycles. The van der Waals surface area contributed by atoms with Crippen molar-refractivity contribution in [3.63, 3.8) is 0 Å². The Morgan fingerprint density at radius 3 is 2.72 bits per heavy atom. The lowest BCUT2D eigenvalue weighted by Gasteiger charge is -2.15. The SMILES string of the molecule is Cc1cccc(OCC(=O)N(C)Cc2nc(-c3ccccc3)no2)c1. The number of rotatable bonds is 6. The Labute approximate surface area is 146 Å². The van der Waals surface area contributed by atoms with Gasteiger partial charge in [-0.05, 0) is 24.6 Å². The molecule has 0 saturated heterocycles. The van der Waals surface area contributed by atoms with Crippen molar-refractivity contribution in [2.24, 2.45) is 0 Å². The van der Waals surface area contributed by atoms with Crippen LogP contribution >= 0.6 is 0 Å². The minimum atomic E-state index is -0.166. The number of amides is 1. The number of hydrogen-bond donors (Lipinski definition) is 0. The second-order valence-electron chi connectivity index (χ2n) is 5.73. The highest BCUT2D eigenvalue weighted by atomic mass is 16.5. The van der Waals surface area contributed by atoms with Crippen LogP contribution in [0.25, 0.3) is 11.4 Å². The van der Waals surface area contributed by atoms with Gasteiger partial charge < -0.3 is 14.2 Å². The third-order valence-electron chi connectivity index (χ3n) is 3.65. The van der Waals surface area contributed by atoms with E-state index < -0.39 is 0 Å². The number of ether oxygens (including phenoxy) is 1. The van der Waals surface area contributed by atoms with Gasteiger partial charge in [0.25, 0.3) is 5.91 Å². The average Bonchev–Trinajstić information content (AvgIpc) is 3.09. The van der Waals surface area contributed by atoms with E-state index in [4.69, 9.17) is 9.26 Å². The molecule has 0 spiro atoms. The van der Waals surface area contributed by atoms with Gasteiger partial charge in [-0.2, -0.15) is 4.98 Å². The topological polar surface area (TPSA) is 68.5 Å². The molecular formula is C19H19N3O3. The van der Waals surface area contributed by atoms with Gasteiger partial charge >= 0.3 is 0 Å². The summed E-state index contributed by atoms with van der Waals surface area (Å²) in [6, 6.07) is 17.1. The maximum absolute atomic E-state index is 12.2. The number of carbonyl (C=O) groups is 1. The predicted octanol–water partition coefficient (Wildman–Crippen LogP) is 3.08. The van der Waals surface area contributed by atoms with E-state index in [9.17, 15) is 4.79 Å². The van der Waals surface area contributed by atoms with Gasteiger partial charge in [0.05, 0.1) is 6.54 Å². The Hall–Kier alpha value is -3.15. The van der Waals surface area contributed by atoms with Crippen molar-refractivity contribution in [1.29, 1.82) is 0 Å². The molecule has 0 N–H and O–H groups in total. The monoisotopic (exact) mass is 337 g/mol. The summed E-state index contributed by atoms with van der Waals surface area (Å²) in [4.78, 5) is 18.0. The second-order valence-corrected chi connectivity index (χ2v) is 5.73. The van der Waals surface area contributed by atoms with Crippen molar-refractivity contribution in [1.82, 2.24) is 15.0 Å². The highest BCUT2D eigenvalue weighted by Crippen LogP contribution is 2.16. The molecule has 1 amide bonds. The maximum Gasteiger partial charge on any atom is 0.260 e. The average molecular weight is 337 g/mol. The lowest BCUT2D eigenvalue weighted by atomic mass is 10.2. The molecule has 0 bridgehead atoms. The second kappa shape index (κ2) is 7.61. The summed E-state index contributed by atoms with van der Waals surface area (Å²) in [5, 5.41) is 3.95. The molecule has 6 nitrogen and oxygen atoms in total. The van der Waals surface area contributed by atoms with E-state index in [1.54, 1.807) is 7.05 Å². The van der Waals surface area contributed by atoms with Crippen molar-refractivity contribution in [3.05, 3.63) is 66.1 Å². The van der Waals surface area contributed by atoms with Crippen LogP contribution in [-0.4, -0.2) is 34.6 Å². The third kappa shape index (κ3) is 4.44. The summed E-state index contributed by atoms with van der Waals surface area (Å²) in [5.74, 6) is 1.39. The Bertz CT molecular complexity index is 846. The quantitative estimate of drug-likeness (QED) is 0.691. The van der Waals surface area contributed by atoms with E-state index in [0.29, 0.717) is 17.5 Å². The molecule has 0 fully saturated rings. The maximum atomic E-state index is 12.2. The molecule has 25 heavy (non-hydrogen) atoms.